The summed E-state index contributed by atoms with van der Waals surface area (Å²) in [5.74, 6) is 0.100. The Morgan fingerprint density at radius 2 is 1.87 bits per heavy atom. The van der Waals surface area contributed by atoms with E-state index in [0.29, 0.717) is 16.5 Å². The second kappa shape index (κ2) is 7.42. The highest BCUT2D eigenvalue weighted by molar-refractivity contribution is 6.42. The molecule has 5 heteroatoms. The smallest absolute Gasteiger partial charge is 0.227 e. The van der Waals surface area contributed by atoms with Crippen LogP contribution in [0.3, 0.4) is 0 Å². The molecule has 0 bridgehead atoms. The third-order valence-corrected chi connectivity index (χ3v) is 6.00. The van der Waals surface area contributed by atoms with E-state index in [1.807, 2.05) is 18.0 Å². The first kappa shape index (κ1) is 18.6. The van der Waals surface area contributed by atoms with Crippen LogP contribution in [0.15, 0.2) is 18.2 Å². The highest BCUT2D eigenvalue weighted by Gasteiger charge is 2.37. The van der Waals surface area contributed by atoms with E-state index in [4.69, 9.17) is 23.2 Å². The first-order valence-electron chi connectivity index (χ1n) is 8.18. The summed E-state index contributed by atoms with van der Waals surface area (Å²) in [6.07, 6.45) is 2.84. The van der Waals surface area contributed by atoms with Crippen LogP contribution in [0.25, 0.3) is 0 Å². The van der Waals surface area contributed by atoms with E-state index in [9.17, 15) is 4.79 Å². The third kappa shape index (κ3) is 4.20. The van der Waals surface area contributed by atoms with E-state index in [2.05, 4.69) is 25.7 Å². The summed E-state index contributed by atoms with van der Waals surface area (Å²) in [5, 5.41) is 1.00. The fourth-order valence-electron chi connectivity index (χ4n) is 3.20. The molecular weight excluding hydrogens is 331 g/mol. The van der Waals surface area contributed by atoms with Gasteiger partial charge in [0.25, 0.3) is 0 Å². The van der Waals surface area contributed by atoms with Crippen LogP contribution in [0.2, 0.25) is 10.0 Å². The number of hydrogen-bond acceptors (Lipinski definition) is 2. The molecule has 1 heterocycles. The lowest BCUT2D eigenvalue weighted by Gasteiger charge is -2.44. The van der Waals surface area contributed by atoms with Gasteiger partial charge in [-0.15, -0.1) is 0 Å². The van der Waals surface area contributed by atoms with E-state index in [-0.39, 0.29) is 17.5 Å². The molecular formula is C18H26Cl2N2O. The third-order valence-electron chi connectivity index (χ3n) is 5.26. The summed E-state index contributed by atoms with van der Waals surface area (Å²) in [7, 11) is 1.89. The number of hydrogen-bond donors (Lipinski definition) is 0. The molecule has 0 radical (unpaired) electrons. The molecule has 1 aromatic rings. The predicted molar refractivity (Wildman–Crippen MR) is 97.3 cm³/mol. The Labute approximate surface area is 149 Å². The number of nitrogens with zero attached hydrogens (tertiary/aromatic N) is 2. The molecule has 23 heavy (non-hydrogen) atoms. The van der Waals surface area contributed by atoms with E-state index < -0.39 is 0 Å². The molecule has 2 rings (SSSR count). The van der Waals surface area contributed by atoms with Gasteiger partial charge in [-0.3, -0.25) is 9.69 Å². The molecule has 0 aliphatic carbocycles. The minimum absolute atomic E-state index is 0.0292. The van der Waals surface area contributed by atoms with Crippen LogP contribution in [0.4, 0.5) is 0 Å². The molecule has 0 spiro atoms. The SMILES string of the molecule is C[C@@H](N(C)C(=O)Cc1ccc(Cl)c(Cl)c1)C(C)(C)N1CCCC1. The molecule has 0 aromatic heterocycles. The summed E-state index contributed by atoms with van der Waals surface area (Å²) in [6.45, 7) is 8.82. The van der Waals surface area contributed by atoms with Gasteiger partial charge in [0.15, 0.2) is 0 Å². The highest BCUT2D eigenvalue weighted by Crippen LogP contribution is 2.27. The molecule has 0 N–H and O–H groups in total. The monoisotopic (exact) mass is 356 g/mol. The first-order valence-corrected chi connectivity index (χ1v) is 8.93. The van der Waals surface area contributed by atoms with Crippen molar-refractivity contribution in [2.45, 2.75) is 51.6 Å². The molecule has 1 atom stereocenters. The zero-order valence-electron chi connectivity index (χ0n) is 14.4. The van der Waals surface area contributed by atoms with Gasteiger partial charge in [0.05, 0.1) is 16.5 Å². The largest absolute Gasteiger partial charge is 0.341 e. The Balaban J connectivity index is 2.04. The Kier molecular flexibility index (Phi) is 5.99. The lowest BCUT2D eigenvalue weighted by molar-refractivity contribution is -0.133. The van der Waals surface area contributed by atoms with Crippen LogP contribution in [-0.2, 0) is 11.2 Å². The Morgan fingerprint density at radius 3 is 2.43 bits per heavy atom. The van der Waals surface area contributed by atoms with Crippen molar-refractivity contribution in [1.29, 1.82) is 0 Å². The number of halogens is 2. The Morgan fingerprint density at radius 1 is 1.26 bits per heavy atom. The van der Waals surface area contributed by atoms with Gasteiger partial charge < -0.3 is 4.90 Å². The van der Waals surface area contributed by atoms with Gasteiger partial charge in [-0.05, 0) is 64.4 Å². The highest BCUT2D eigenvalue weighted by atomic mass is 35.5. The van der Waals surface area contributed by atoms with Gasteiger partial charge in [0, 0.05) is 18.6 Å². The van der Waals surface area contributed by atoms with Crippen molar-refractivity contribution in [3.05, 3.63) is 33.8 Å². The Bertz CT molecular complexity index is 568. The fraction of sp³-hybridized carbons (Fsp3) is 0.611. The van der Waals surface area contributed by atoms with Crippen LogP contribution in [0, 0.1) is 0 Å². The zero-order valence-corrected chi connectivity index (χ0v) is 15.9. The fourth-order valence-corrected chi connectivity index (χ4v) is 3.52. The van der Waals surface area contributed by atoms with Crippen molar-refractivity contribution in [2.24, 2.45) is 0 Å². The average molecular weight is 357 g/mol. The standard InChI is InChI=1S/C18H26Cl2N2O/c1-13(18(2,3)22-9-5-6-10-22)21(4)17(23)12-14-7-8-15(19)16(20)11-14/h7-8,11,13H,5-6,9-10,12H2,1-4H3/t13-/m1/s1. The van der Waals surface area contributed by atoms with Crippen molar-refractivity contribution < 1.29 is 4.79 Å². The van der Waals surface area contributed by atoms with Crippen molar-refractivity contribution in [2.75, 3.05) is 20.1 Å². The topological polar surface area (TPSA) is 23.6 Å². The predicted octanol–water partition coefficient (Wildman–Crippen LogP) is 4.26. The van der Waals surface area contributed by atoms with Crippen molar-refractivity contribution in [3.8, 4) is 0 Å². The number of carbonyl (C=O) groups is 1. The summed E-state index contributed by atoms with van der Waals surface area (Å²) in [4.78, 5) is 17.0. The van der Waals surface area contributed by atoms with Crippen LogP contribution in [0.1, 0.15) is 39.2 Å². The zero-order chi connectivity index (χ0) is 17.2. The van der Waals surface area contributed by atoms with Gasteiger partial charge in [-0.1, -0.05) is 29.3 Å². The maximum atomic E-state index is 12.6. The lowest BCUT2D eigenvalue weighted by atomic mass is 9.92. The van der Waals surface area contributed by atoms with Gasteiger partial charge in [-0.2, -0.15) is 0 Å². The summed E-state index contributed by atoms with van der Waals surface area (Å²) >= 11 is 12.0. The summed E-state index contributed by atoms with van der Waals surface area (Å²) < 4.78 is 0. The number of carbonyl (C=O) groups excluding carboxylic acids is 1. The molecule has 1 amide bonds. The second-order valence-corrected chi connectivity index (χ2v) is 7.77. The van der Waals surface area contributed by atoms with E-state index in [1.54, 1.807) is 12.1 Å². The lowest BCUT2D eigenvalue weighted by Crippen LogP contribution is -2.57. The van der Waals surface area contributed by atoms with Gasteiger partial charge in [0.1, 0.15) is 0 Å². The number of benzene rings is 1. The van der Waals surface area contributed by atoms with Crippen molar-refractivity contribution in [1.82, 2.24) is 9.80 Å². The van der Waals surface area contributed by atoms with E-state index in [0.717, 1.165) is 18.7 Å². The van der Waals surface area contributed by atoms with E-state index >= 15 is 0 Å². The molecule has 1 saturated heterocycles. The maximum Gasteiger partial charge on any atom is 0.227 e. The number of likely N-dealkylation sites (tertiary alicyclic amines) is 1. The first-order chi connectivity index (χ1) is 10.7. The van der Waals surface area contributed by atoms with Gasteiger partial charge >= 0.3 is 0 Å². The molecule has 0 unspecified atom stereocenters. The Hall–Kier alpha value is -0.770. The van der Waals surface area contributed by atoms with E-state index in [1.165, 1.54) is 12.8 Å². The molecule has 1 aliphatic heterocycles. The number of likely N-dealkylation sites (N-methyl/N-ethyl adjacent to an activating group) is 1. The second-order valence-electron chi connectivity index (χ2n) is 6.95. The van der Waals surface area contributed by atoms with Crippen molar-refractivity contribution >= 4 is 29.1 Å². The minimum Gasteiger partial charge on any atom is -0.341 e. The summed E-state index contributed by atoms with van der Waals surface area (Å²) in [6, 6.07) is 5.50. The van der Waals surface area contributed by atoms with Crippen LogP contribution >= 0.6 is 23.2 Å². The van der Waals surface area contributed by atoms with Crippen molar-refractivity contribution in [3.63, 3.8) is 0 Å². The molecule has 1 aromatic carbocycles. The van der Waals surface area contributed by atoms with Crippen LogP contribution in [-0.4, -0.2) is 47.4 Å². The number of amides is 1. The van der Waals surface area contributed by atoms with Gasteiger partial charge in [0.2, 0.25) is 5.91 Å². The molecule has 0 saturated carbocycles. The molecule has 3 nitrogen and oxygen atoms in total. The van der Waals surface area contributed by atoms with Gasteiger partial charge in [-0.25, -0.2) is 0 Å². The normalized spacial score (nSPS) is 17.3. The summed E-state index contributed by atoms with van der Waals surface area (Å²) in [5.41, 5.74) is 0.862. The quantitative estimate of drug-likeness (QED) is 0.786. The number of rotatable bonds is 5. The van der Waals surface area contributed by atoms with Crippen LogP contribution < -0.4 is 0 Å². The van der Waals surface area contributed by atoms with Crippen LogP contribution in [0.5, 0.6) is 0 Å². The maximum absolute atomic E-state index is 12.6. The minimum atomic E-state index is -0.0292. The molecule has 1 fully saturated rings. The molecule has 128 valence electrons. The average Bonchev–Trinajstić information content (AvgIpc) is 3.04. The molecule has 1 aliphatic rings.